The van der Waals surface area contributed by atoms with E-state index in [0.717, 1.165) is 15.9 Å². The summed E-state index contributed by atoms with van der Waals surface area (Å²) in [7, 11) is 1.55. The Hall–Kier alpha value is -1.51. The van der Waals surface area contributed by atoms with Crippen molar-refractivity contribution in [2.75, 3.05) is 19.0 Å². The Balaban J connectivity index is 2.34. The summed E-state index contributed by atoms with van der Waals surface area (Å²) < 4.78 is 5.93. The summed E-state index contributed by atoms with van der Waals surface area (Å²) in [6.45, 7) is 2.83. The van der Waals surface area contributed by atoms with Crippen molar-refractivity contribution in [3.05, 3.63) is 21.9 Å². The Labute approximate surface area is 118 Å². The minimum Gasteiger partial charge on any atom is -0.480 e. The third-order valence-corrected chi connectivity index (χ3v) is 2.96. The number of nitrogens with zero attached hydrogens (tertiary/aromatic N) is 4. The molecule has 94 valence electrons. The molecule has 1 N–H and O–H groups in total. The van der Waals surface area contributed by atoms with Crippen LogP contribution in [-0.2, 0) is 0 Å². The molecular formula is C11H12IN5O. The highest BCUT2D eigenvalue weighted by molar-refractivity contribution is 14.1. The molecule has 0 unspecified atom stereocenters. The van der Waals surface area contributed by atoms with Gasteiger partial charge >= 0.3 is 0 Å². The van der Waals surface area contributed by atoms with E-state index in [2.05, 4.69) is 48.1 Å². The van der Waals surface area contributed by atoms with Crippen LogP contribution in [0, 0.1) is 3.57 Å². The second-order valence-corrected chi connectivity index (χ2v) is 4.54. The predicted molar refractivity (Wildman–Crippen MR) is 76.5 cm³/mol. The number of methoxy groups -OCH3 is 1. The van der Waals surface area contributed by atoms with Gasteiger partial charge in [0.15, 0.2) is 5.82 Å². The van der Waals surface area contributed by atoms with Gasteiger partial charge in [-0.25, -0.2) is 9.97 Å². The SMILES string of the molecule is CCNc1nc(-c2ccc(OC)nn2)ncc1I. The quantitative estimate of drug-likeness (QED) is 0.844. The number of ether oxygens (including phenoxy) is 1. The van der Waals surface area contributed by atoms with Crippen molar-refractivity contribution in [2.45, 2.75) is 6.92 Å². The van der Waals surface area contributed by atoms with E-state index in [0.29, 0.717) is 17.4 Å². The standard InChI is InChI=1S/C11H12IN5O/c1-3-13-10-7(12)6-14-11(15-10)8-4-5-9(18-2)17-16-8/h4-6H,3H2,1-2H3,(H,13,14,15). The summed E-state index contributed by atoms with van der Waals surface area (Å²) >= 11 is 2.19. The fourth-order valence-electron chi connectivity index (χ4n) is 1.33. The Kier molecular flexibility index (Phi) is 4.24. The molecule has 0 fully saturated rings. The molecule has 2 aromatic rings. The van der Waals surface area contributed by atoms with Gasteiger partial charge in [-0.2, -0.15) is 0 Å². The van der Waals surface area contributed by atoms with Crippen LogP contribution in [-0.4, -0.2) is 33.8 Å². The molecule has 6 nitrogen and oxygen atoms in total. The summed E-state index contributed by atoms with van der Waals surface area (Å²) in [5, 5.41) is 11.1. The third-order valence-electron chi connectivity index (χ3n) is 2.17. The first-order valence-electron chi connectivity index (χ1n) is 5.39. The molecule has 0 aromatic carbocycles. The minimum absolute atomic E-state index is 0.469. The van der Waals surface area contributed by atoms with Crippen molar-refractivity contribution < 1.29 is 4.74 Å². The first kappa shape index (κ1) is 12.9. The van der Waals surface area contributed by atoms with E-state index in [4.69, 9.17) is 4.74 Å². The molecule has 0 atom stereocenters. The predicted octanol–water partition coefficient (Wildman–Crippen LogP) is 1.98. The van der Waals surface area contributed by atoms with E-state index in [1.165, 1.54) is 0 Å². The van der Waals surface area contributed by atoms with Gasteiger partial charge in [-0.1, -0.05) is 0 Å². The number of hydrogen-bond acceptors (Lipinski definition) is 6. The molecule has 0 radical (unpaired) electrons. The van der Waals surface area contributed by atoms with Crippen molar-refractivity contribution >= 4 is 28.4 Å². The van der Waals surface area contributed by atoms with Crippen molar-refractivity contribution in [2.24, 2.45) is 0 Å². The zero-order valence-corrected chi connectivity index (χ0v) is 12.2. The highest BCUT2D eigenvalue weighted by atomic mass is 127. The molecule has 18 heavy (non-hydrogen) atoms. The number of hydrogen-bond donors (Lipinski definition) is 1. The summed E-state index contributed by atoms with van der Waals surface area (Å²) in [5.41, 5.74) is 0.617. The Morgan fingerprint density at radius 1 is 1.33 bits per heavy atom. The second kappa shape index (κ2) is 5.89. The number of aromatic nitrogens is 4. The van der Waals surface area contributed by atoms with Crippen molar-refractivity contribution in [3.63, 3.8) is 0 Å². The van der Waals surface area contributed by atoms with E-state index >= 15 is 0 Å². The zero-order chi connectivity index (χ0) is 13.0. The second-order valence-electron chi connectivity index (χ2n) is 3.38. The van der Waals surface area contributed by atoms with Crippen LogP contribution in [0.2, 0.25) is 0 Å². The van der Waals surface area contributed by atoms with Crippen LogP contribution in [0.3, 0.4) is 0 Å². The first-order valence-corrected chi connectivity index (χ1v) is 6.47. The van der Waals surface area contributed by atoms with Gasteiger partial charge in [0.25, 0.3) is 0 Å². The smallest absolute Gasteiger partial charge is 0.233 e. The van der Waals surface area contributed by atoms with Gasteiger partial charge in [0.05, 0.1) is 10.7 Å². The average molecular weight is 357 g/mol. The van der Waals surface area contributed by atoms with E-state index in [9.17, 15) is 0 Å². The number of nitrogens with one attached hydrogen (secondary N) is 1. The van der Waals surface area contributed by atoms with Crippen molar-refractivity contribution in [3.8, 4) is 17.4 Å². The highest BCUT2D eigenvalue weighted by Crippen LogP contribution is 2.19. The maximum Gasteiger partial charge on any atom is 0.233 e. The molecule has 0 aliphatic carbocycles. The van der Waals surface area contributed by atoms with Gasteiger partial charge in [0, 0.05) is 18.8 Å². The Bertz CT molecular complexity index is 531. The van der Waals surface area contributed by atoms with Crippen LogP contribution < -0.4 is 10.1 Å². The molecule has 0 aliphatic rings. The van der Waals surface area contributed by atoms with Crippen LogP contribution in [0.25, 0.3) is 11.5 Å². The van der Waals surface area contributed by atoms with E-state index in [1.807, 2.05) is 6.92 Å². The van der Waals surface area contributed by atoms with Gasteiger partial charge in [0.1, 0.15) is 11.5 Å². The summed E-state index contributed by atoms with van der Waals surface area (Å²) in [5.74, 6) is 1.82. The highest BCUT2D eigenvalue weighted by Gasteiger charge is 2.08. The van der Waals surface area contributed by atoms with E-state index in [-0.39, 0.29) is 0 Å². The molecule has 7 heteroatoms. The fraction of sp³-hybridized carbons (Fsp3) is 0.273. The van der Waals surface area contributed by atoms with Crippen LogP contribution >= 0.6 is 22.6 Å². The normalized spacial score (nSPS) is 10.2. The summed E-state index contributed by atoms with van der Waals surface area (Å²) in [4.78, 5) is 8.66. The lowest BCUT2D eigenvalue weighted by atomic mass is 10.3. The minimum atomic E-state index is 0.469. The van der Waals surface area contributed by atoms with Gasteiger partial charge in [-0.15, -0.1) is 10.2 Å². The van der Waals surface area contributed by atoms with Crippen LogP contribution in [0.4, 0.5) is 5.82 Å². The molecule has 2 heterocycles. The molecular weight excluding hydrogens is 345 g/mol. The summed E-state index contributed by atoms with van der Waals surface area (Å²) in [6, 6.07) is 3.51. The molecule has 0 saturated heterocycles. The topological polar surface area (TPSA) is 72.8 Å². The number of anilines is 1. The Morgan fingerprint density at radius 2 is 2.17 bits per heavy atom. The first-order chi connectivity index (χ1) is 8.74. The van der Waals surface area contributed by atoms with Crippen LogP contribution in [0.15, 0.2) is 18.3 Å². The van der Waals surface area contributed by atoms with Crippen molar-refractivity contribution in [1.82, 2.24) is 20.2 Å². The molecule has 0 bridgehead atoms. The third kappa shape index (κ3) is 2.84. The van der Waals surface area contributed by atoms with Gasteiger partial charge in [-0.3, -0.25) is 0 Å². The van der Waals surface area contributed by atoms with Gasteiger partial charge in [-0.05, 0) is 35.6 Å². The van der Waals surface area contributed by atoms with Crippen LogP contribution in [0.5, 0.6) is 5.88 Å². The molecule has 0 aliphatic heterocycles. The lowest BCUT2D eigenvalue weighted by Gasteiger charge is -2.06. The fourth-order valence-corrected chi connectivity index (χ4v) is 1.78. The zero-order valence-electron chi connectivity index (χ0n) is 10.0. The Morgan fingerprint density at radius 3 is 2.78 bits per heavy atom. The average Bonchev–Trinajstić information content (AvgIpc) is 2.42. The maximum absolute atomic E-state index is 4.96. The number of halogens is 1. The molecule has 2 rings (SSSR count). The molecule has 0 amide bonds. The molecule has 0 spiro atoms. The lowest BCUT2D eigenvalue weighted by molar-refractivity contribution is 0.392. The van der Waals surface area contributed by atoms with Crippen LogP contribution in [0.1, 0.15) is 6.92 Å². The maximum atomic E-state index is 4.96. The largest absolute Gasteiger partial charge is 0.480 e. The van der Waals surface area contributed by atoms with E-state index < -0.39 is 0 Å². The van der Waals surface area contributed by atoms with E-state index in [1.54, 1.807) is 25.4 Å². The summed E-state index contributed by atoms with van der Waals surface area (Å²) in [6.07, 6.45) is 1.76. The molecule has 2 aromatic heterocycles. The monoisotopic (exact) mass is 357 g/mol. The molecule has 0 saturated carbocycles. The van der Waals surface area contributed by atoms with Gasteiger partial charge < -0.3 is 10.1 Å². The van der Waals surface area contributed by atoms with Crippen molar-refractivity contribution in [1.29, 1.82) is 0 Å². The number of rotatable bonds is 4. The lowest BCUT2D eigenvalue weighted by Crippen LogP contribution is -2.04. The van der Waals surface area contributed by atoms with Gasteiger partial charge in [0.2, 0.25) is 5.88 Å².